The molecule has 156 valence electrons. The van der Waals surface area contributed by atoms with Crippen molar-refractivity contribution in [3.05, 3.63) is 70.2 Å². The molecule has 0 radical (unpaired) electrons. The van der Waals surface area contributed by atoms with Crippen LogP contribution in [0.3, 0.4) is 0 Å². The molecule has 0 aliphatic carbocycles. The highest BCUT2D eigenvalue weighted by molar-refractivity contribution is 7.17. The SMILES string of the molecule is CCc1nc(N)sc1C(=O)NN=Cc1ccc(OCCc2ccccc2)c(OC)c1. The standard InChI is InChI=1S/C22H24N4O3S/c1-3-17-20(30-22(23)25-17)21(27)26-24-14-16-9-10-18(19(13-16)28-2)29-12-11-15-7-5-4-6-8-15/h4-10,13-14H,3,11-12H2,1-2H3,(H2,23,25)(H,26,27). The van der Waals surface area contributed by atoms with Crippen LogP contribution in [-0.4, -0.2) is 30.8 Å². The average Bonchev–Trinajstić information content (AvgIpc) is 3.16. The van der Waals surface area contributed by atoms with Crippen molar-refractivity contribution in [2.24, 2.45) is 5.10 Å². The van der Waals surface area contributed by atoms with Gasteiger partial charge in [0.15, 0.2) is 16.6 Å². The first-order chi connectivity index (χ1) is 14.6. The number of benzene rings is 2. The summed E-state index contributed by atoms with van der Waals surface area (Å²) >= 11 is 1.15. The van der Waals surface area contributed by atoms with Crippen molar-refractivity contribution < 1.29 is 14.3 Å². The third-order valence-electron chi connectivity index (χ3n) is 4.31. The Morgan fingerprint density at radius 3 is 2.77 bits per heavy atom. The van der Waals surface area contributed by atoms with Gasteiger partial charge < -0.3 is 15.2 Å². The van der Waals surface area contributed by atoms with E-state index >= 15 is 0 Å². The number of hydrazone groups is 1. The van der Waals surface area contributed by atoms with Gasteiger partial charge in [-0.1, -0.05) is 48.6 Å². The van der Waals surface area contributed by atoms with Crippen molar-refractivity contribution in [3.8, 4) is 11.5 Å². The fraction of sp³-hybridized carbons (Fsp3) is 0.227. The van der Waals surface area contributed by atoms with Crippen LogP contribution >= 0.6 is 11.3 Å². The largest absolute Gasteiger partial charge is 0.493 e. The summed E-state index contributed by atoms with van der Waals surface area (Å²) in [5, 5.41) is 4.40. The molecule has 1 aromatic heterocycles. The van der Waals surface area contributed by atoms with E-state index in [1.54, 1.807) is 19.4 Å². The lowest BCUT2D eigenvalue weighted by molar-refractivity contribution is 0.0958. The number of nitrogens with one attached hydrogen (secondary N) is 1. The number of amides is 1. The van der Waals surface area contributed by atoms with E-state index in [1.807, 2.05) is 37.3 Å². The molecule has 0 aliphatic heterocycles. The molecule has 0 fully saturated rings. The predicted octanol–water partition coefficient (Wildman–Crippen LogP) is 3.68. The van der Waals surface area contributed by atoms with E-state index in [0.29, 0.717) is 40.2 Å². The van der Waals surface area contributed by atoms with Gasteiger partial charge in [-0.05, 0) is 35.7 Å². The number of aryl methyl sites for hydroxylation is 1. The van der Waals surface area contributed by atoms with Crippen molar-refractivity contribution in [2.75, 3.05) is 19.5 Å². The number of hydrogen-bond acceptors (Lipinski definition) is 7. The Hall–Kier alpha value is -3.39. The Morgan fingerprint density at radius 2 is 2.03 bits per heavy atom. The lowest BCUT2D eigenvalue weighted by Gasteiger charge is -2.11. The van der Waals surface area contributed by atoms with Crippen LogP contribution < -0.4 is 20.6 Å². The van der Waals surface area contributed by atoms with E-state index < -0.39 is 0 Å². The minimum absolute atomic E-state index is 0.329. The van der Waals surface area contributed by atoms with Crippen LogP contribution in [0.15, 0.2) is 53.6 Å². The Balaban J connectivity index is 1.59. The number of thiazole rings is 1. The van der Waals surface area contributed by atoms with Crippen molar-refractivity contribution in [3.63, 3.8) is 0 Å². The van der Waals surface area contributed by atoms with Crippen LogP contribution in [0.1, 0.15) is 33.4 Å². The van der Waals surface area contributed by atoms with Gasteiger partial charge in [-0.3, -0.25) is 4.79 Å². The number of ether oxygens (including phenoxy) is 2. The molecule has 0 spiro atoms. The summed E-state index contributed by atoms with van der Waals surface area (Å²) in [5.74, 6) is 0.925. The summed E-state index contributed by atoms with van der Waals surface area (Å²) in [6.07, 6.45) is 2.98. The first-order valence-corrected chi connectivity index (χ1v) is 10.4. The molecule has 3 aromatic rings. The van der Waals surface area contributed by atoms with Crippen LogP contribution in [0.25, 0.3) is 0 Å². The third kappa shape index (κ3) is 5.57. The quantitative estimate of drug-likeness (QED) is 0.403. The zero-order valence-corrected chi connectivity index (χ0v) is 17.7. The van der Waals surface area contributed by atoms with Crippen molar-refractivity contribution in [1.82, 2.24) is 10.4 Å². The fourth-order valence-corrected chi connectivity index (χ4v) is 3.62. The molecule has 30 heavy (non-hydrogen) atoms. The van der Waals surface area contributed by atoms with Gasteiger partial charge in [0.2, 0.25) is 0 Å². The van der Waals surface area contributed by atoms with Crippen LogP contribution in [0.4, 0.5) is 5.13 Å². The number of nitrogens with zero attached hydrogens (tertiary/aromatic N) is 2. The Morgan fingerprint density at radius 1 is 1.23 bits per heavy atom. The second-order valence-corrected chi connectivity index (χ2v) is 7.41. The molecule has 7 nitrogen and oxygen atoms in total. The van der Waals surface area contributed by atoms with Gasteiger partial charge in [0, 0.05) is 6.42 Å². The normalized spacial score (nSPS) is 10.9. The number of hydrogen-bond donors (Lipinski definition) is 2. The highest BCUT2D eigenvalue weighted by atomic mass is 32.1. The minimum Gasteiger partial charge on any atom is -0.493 e. The maximum Gasteiger partial charge on any atom is 0.283 e. The zero-order valence-electron chi connectivity index (χ0n) is 16.9. The number of nitrogen functional groups attached to an aromatic ring is 1. The van der Waals surface area contributed by atoms with Gasteiger partial charge >= 0.3 is 0 Å². The first-order valence-electron chi connectivity index (χ1n) is 9.54. The van der Waals surface area contributed by atoms with Crippen LogP contribution in [-0.2, 0) is 12.8 Å². The van der Waals surface area contributed by atoms with E-state index in [9.17, 15) is 4.79 Å². The van der Waals surface area contributed by atoms with Crippen LogP contribution in [0.5, 0.6) is 11.5 Å². The second kappa shape index (κ2) is 10.4. The van der Waals surface area contributed by atoms with Gasteiger partial charge in [-0.2, -0.15) is 5.10 Å². The highest BCUT2D eigenvalue weighted by Gasteiger charge is 2.15. The number of carbonyl (C=O) groups is 1. The van der Waals surface area contributed by atoms with Gasteiger partial charge in [-0.15, -0.1) is 0 Å². The highest BCUT2D eigenvalue weighted by Crippen LogP contribution is 2.27. The summed E-state index contributed by atoms with van der Waals surface area (Å²) in [4.78, 5) is 16.9. The van der Waals surface area contributed by atoms with Crippen molar-refractivity contribution >= 4 is 28.6 Å². The van der Waals surface area contributed by atoms with E-state index in [1.165, 1.54) is 5.56 Å². The molecule has 1 amide bonds. The number of aromatic nitrogens is 1. The Labute approximate surface area is 179 Å². The Kier molecular flexibility index (Phi) is 7.40. The molecule has 1 heterocycles. The summed E-state index contributed by atoms with van der Waals surface area (Å²) < 4.78 is 11.3. The first kappa shape index (κ1) is 21.3. The van der Waals surface area contributed by atoms with Crippen LogP contribution in [0.2, 0.25) is 0 Å². The number of rotatable bonds is 9. The fourth-order valence-electron chi connectivity index (χ4n) is 2.81. The molecule has 0 unspecified atom stereocenters. The lowest BCUT2D eigenvalue weighted by atomic mass is 10.2. The smallest absolute Gasteiger partial charge is 0.283 e. The second-order valence-electron chi connectivity index (χ2n) is 6.37. The van der Waals surface area contributed by atoms with E-state index in [0.717, 1.165) is 23.3 Å². The molecular weight excluding hydrogens is 400 g/mol. The zero-order chi connectivity index (χ0) is 21.3. The maximum absolute atomic E-state index is 12.3. The van der Waals surface area contributed by atoms with Crippen molar-refractivity contribution in [2.45, 2.75) is 19.8 Å². The van der Waals surface area contributed by atoms with Gasteiger partial charge in [-0.25, -0.2) is 10.4 Å². The Bertz CT molecular complexity index is 1020. The van der Waals surface area contributed by atoms with E-state index in [4.69, 9.17) is 15.2 Å². The molecule has 3 rings (SSSR count). The van der Waals surface area contributed by atoms with Gasteiger partial charge in [0.05, 0.1) is 25.6 Å². The minimum atomic E-state index is -0.329. The monoisotopic (exact) mass is 424 g/mol. The van der Waals surface area contributed by atoms with Gasteiger partial charge in [0.1, 0.15) is 4.88 Å². The molecular formula is C22H24N4O3S. The van der Waals surface area contributed by atoms with E-state index in [-0.39, 0.29) is 5.91 Å². The summed E-state index contributed by atoms with van der Waals surface area (Å²) in [6, 6.07) is 15.6. The molecule has 0 bridgehead atoms. The summed E-state index contributed by atoms with van der Waals surface area (Å²) in [5.41, 5.74) is 10.9. The molecule has 0 aliphatic rings. The molecule has 2 aromatic carbocycles. The van der Waals surface area contributed by atoms with E-state index in [2.05, 4.69) is 27.6 Å². The third-order valence-corrected chi connectivity index (χ3v) is 5.24. The van der Waals surface area contributed by atoms with Crippen LogP contribution in [0, 0.1) is 0 Å². The number of carbonyl (C=O) groups excluding carboxylic acids is 1. The predicted molar refractivity (Wildman–Crippen MR) is 120 cm³/mol. The molecule has 3 N–H and O–H groups in total. The number of nitrogens with two attached hydrogens (primary N) is 1. The number of methoxy groups -OCH3 is 1. The maximum atomic E-state index is 12.3. The molecule has 0 saturated carbocycles. The van der Waals surface area contributed by atoms with Gasteiger partial charge in [0.25, 0.3) is 5.91 Å². The molecule has 0 atom stereocenters. The molecule has 8 heteroatoms. The average molecular weight is 425 g/mol. The molecule has 0 saturated heterocycles. The lowest BCUT2D eigenvalue weighted by Crippen LogP contribution is -2.17. The topological polar surface area (TPSA) is 98.8 Å². The summed E-state index contributed by atoms with van der Waals surface area (Å²) in [6.45, 7) is 2.46. The summed E-state index contributed by atoms with van der Waals surface area (Å²) in [7, 11) is 1.59. The van der Waals surface area contributed by atoms with Crippen molar-refractivity contribution in [1.29, 1.82) is 0 Å². The number of anilines is 1.